The highest BCUT2D eigenvalue weighted by Crippen LogP contribution is 2.55. The van der Waals surface area contributed by atoms with E-state index in [4.69, 9.17) is 24.0 Å². The second-order valence-corrected chi connectivity index (χ2v) is 8.70. The van der Waals surface area contributed by atoms with Crippen molar-refractivity contribution in [3.8, 4) is 0 Å². The van der Waals surface area contributed by atoms with Crippen molar-refractivity contribution in [2.45, 2.75) is 63.1 Å². The number of hydrogen-bond donors (Lipinski definition) is 0. The van der Waals surface area contributed by atoms with E-state index < -0.39 is 29.6 Å². The lowest BCUT2D eigenvalue weighted by atomic mass is 9.65. The fraction of sp³-hybridized carbons (Fsp3) is 0.652. The number of methoxy groups -OCH3 is 2. The zero-order valence-electron chi connectivity index (χ0n) is 18.3. The fourth-order valence-electron chi connectivity index (χ4n) is 5.20. The zero-order valence-corrected chi connectivity index (χ0v) is 18.3. The molecule has 0 unspecified atom stereocenters. The number of benzene rings is 1. The van der Waals surface area contributed by atoms with Crippen molar-refractivity contribution in [1.82, 2.24) is 0 Å². The van der Waals surface area contributed by atoms with Crippen LogP contribution in [0.2, 0.25) is 0 Å². The predicted molar refractivity (Wildman–Crippen MR) is 108 cm³/mol. The summed E-state index contributed by atoms with van der Waals surface area (Å²) in [5.41, 5.74) is 0.0668. The molecule has 8 heteroatoms. The molecule has 1 aromatic carbocycles. The van der Waals surface area contributed by atoms with Gasteiger partial charge >= 0.3 is 11.9 Å². The minimum Gasteiger partial charge on any atom is -0.465 e. The van der Waals surface area contributed by atoms with Gasteiger partial charge in [-0.15, -0.1) is 0 Å². The highest BCUT2D eigenvalue weighted by molar-refractivity contribution is 5.93. The Morgan fingerprint density at radius 3 is 2.42 bits per heavy atom. The number of hydrogen-bond acceptors (Lipinski definition) is 8. The SMILES string of the molecule is COC(=O)c1ccc(C(=O)OCC[C@@H]2CCC[C@@H]3CC[C@]4(C)OO[C@]32[C@@H](OC)O4)cc1. The van der Waals surface area contributed by atoms with Crippen LogP contribution in [-0.2, 0) is 28.7 Å². The Balaban J connectivity index is 1.41. The predicted octanol–water partition coefficient (Wildman–Crippen LogP) is 3.64. The van der Waals surface area contributed by atoms with Crippen molar-refractivity contribution >= 4 is 11.9 Å². The molecule has 31 heavy (non-hydrogen) atoms. The first kappa shape index (κ1) is 22.2. The lowest BCUT2D eigenvalue weighted by Gasteiger charge is -2.53. The summed E-state index contributed by atoms with van der Waals surface area (Å²) in [5, 5.41) is 0. The molecule has 5 atom stereocenters. The molecule has 0 N–H and O–H groups in total. The number of esters is 2. The van der Waals surface area contributed by atoms with Gasteiger partial charge in [0.05, 0.1) is 24.8 Å². The summed E-state index contributed by atoms with van der Waals surface area (Å²) in [7, 11) is 2.95. The molecule has 170 valence electrons. The van der Waals surface area contributed by atoms with Gasteiger partial charge in [-0.05, 0) is 68.7 Å². The summed E-state index contributed by atoms with van der Waals surface area (Å²) < 4.78 is 22.1. The smallest absolute Gasteiger partial charge is 0.338 e. The summed E-state index contributed by atoms with van der Waals surface area (Å²) in [6.45, 7) is 2.12. The molecule has 1 saturated carbocycles. The lowest BCUT2D eigenvalue weighted by Crippen LogP contribution is -2.63. The Labute approximate surface area is 182 Å². The van der Waals surface area contributed by atoms with Crippen LogP contribution in [0.25, 0.3) is 0 Å². The van der Waals surface area contributed by atoms with E-state index in [-0.39, 0.29) is 18.4 Å². The number of ether oxygens (including phenoxy) is 4. The van der Waals surface area contributed by atoms with Crippen LogP contribution in [0.1, 0.15) is 66.2 Å². The van der Waals surface area contributed by atoms with Gasteiger partial charge in [-0.2, -0.15) is 0 Å². The van der Waals surface area contributed by atoms with E-state index in [1.165, 1.54) is 7.11 Å². The summed E-state index contributed by atoms with van der Waals surface area (Å²) in [5.74, 6) is -1.34. The average molecular weight is 434 g/mol. The Morgan fingerprint density at radius 2 is 1.74 bits per heavy atom. The Morgan fingerprint density at radius 1 is 1.03 bits per heavy atom. The average Bonchev–Trinajstić information content (AvgIpc) is 3.03. The van der Waals surface area contributed by atoms with Gasteiger partial charge in [0.15, 0.2) is 11.9 Å². The van der Waals surface area contributed by atoms with Gasteiger partial charge in [0.2, 0.25) is 5.79 Å². The van der Waals surface area contributed by atoms with Crippen molar-refractivity contribution in [3.63, 3.8) is 0 Å². The molecule has 3 aliphatic heterocycles. The van der Waals surface area contributed by atoms with E-state index in [1.807, 2.05) is 6.92 Å². The minimum absolute atomic E-state index is 0.0772. The summed E-state index contributed by atoms with van der Waals surface area (Å²) in [4.78, 5) is 35.8. The van der Waals surface area contributed by atoms with Gasteiger partial charge in [0.25, 0.3) is 0 Å². The number of carbonyl (C=O) groups excluding carboxylic acids is 2. The molecule has 1 aromatic rings. The van der Waals surface area contributed by atoms with Gasteiger partial charge < -0.3 is 18.9 Å². The molecule has 3 saturated heterocycles. The number of rotatable bonds is 6. The monoisotopic (exact) mass is 434 g/mol. The van der Waals surface area contributed by atoms with Crippen LogP contribution in [0.5, 0.6) is 0 Å². The summed E-state index contributed by atoms with van der Waals surface area (Å²) in [6.07, 6.45) is 4.83. The van der Waals surface area contributed by atoms with E-state index in [0.29, 0.717) is 17.5 Å². The van der Waals surface area contributed by atoms with Crippen LogP contribution in [0.4, 0.5) is 0 Å². The summed E-state index contributed by atoms with van der Waals surface area (Å²) in [6, 6.07) is 6.21. The zero-order chi connectivity index (χ0) is 22.1. The summed E-state index contributed by atoms with van der Waals surface area (Å²) >= 11 is 0. The van der Waals surface area contributed by atoms with Crippen LogP contribution in [0, 0.1) is 11.8 Å². The first-order chi connectivity index (χ1) is 14.9. The first-order valence-corrected chi connectivity index (χ1v) is 10.8. The second kappa shape index (κ2) is 8.86. The van der Waals surface area contributed by atoms with Gasteiger partial charge in [-0.3, -0.25) is 0 Å². The minimum atomic E-state index is -0.795. The molecule has 8 nitrogen and oxygen atoms in total. The number of fused-ring (bicyclic) bond motifs is 3. The van der Waals surface area contributed by atoms with Crippen molar-refractivity contribution in [2.75, 3.05) is 20.8 Å². The van der Waals surface area contributed by atoms with Crippen LogP contribution in [-0.4, -0.2) is 50.4 Å². The molecule has 0 radical (unpaired) electrons. The molecule has 5 rings (SSSR count). The van der Waals surface area contributed by atoms with E-state index in [9.17, 15) is 9.59 Å². The third kappa shape index (κ3) is 4.09. The van der Waals surface area contributed by atoms with Gasteiger partial charge in [0, 0.05) is 13.5 Å². The van der Waals surface area contributed by atoms with E-state index in [1.54, 1.807) is 31.4 Å². The highest BCUT2D eigenvalue weighted by atomic mass is 17.3. The molecule has 2 bridgehead atoms. The molecule has 1 aliphatic carbocycles. The molecule has 0 amide bonds. The topological polar surface area (TPSA) is 89.5 Å². The third-order valence-corrected chi connectivity index (χ3v) is 6.87. The quantitative estimate of drug-likeness (QED) is 0.495. The van der Waals surface area contributed by atoms with Gasteiger partial charge in [-0.25, -0.2) is 19.4 Å². The van der Waals surface area contributed by atoms with Crippen LogP contribution in [0.3, 0.4) is 0 Å². The lowest BCUT2D eigenvalue weighted by molar-refractivity contribution is -0.554. The van der Waals surface area contributed by atoms with E-state index in [0.717, 1.165) is 32.1 Å². The second-order valence-electron chi connectivity index (χ2n) is 8.70. The van der Waals surface area contributed by atoms with Crippen LogP contribution < -0.4 is 0 Å². The molecule has 3 heterocycles. The fourth-order valence-corrected chi connectivity index (χ4v) is 5.20. The van der Waals surface area contributed by atoms with E-state index in [2.05, 4.69) is 4.74 Å². The van der Waals surface area contributed by atoms with Crippen molar-refractivity contribution in [3.05, 3.63) is 35.4 Å². The molecular weight excluding hydrogens is 404 g/mol. The van der Waals surface area contributed by atoms with Gasteiger partial charge in [-0.1, -0.05) is 6.42 Å². The van der Waals surface area contributed by atoms with Gasteiger partial charge in [0.1, 0.15) is 0 Å². The highest BCUT2D eigenvalue weighted by Gasteiger charge is 2.63. The first-order valence-electron chi connectivity index (χ1n) is 10.8. The molecular formula is C23H30O8. The maximum atomic E-state index is 12.5. The largest absolute Gasteiger partial charge is 0.465 e. The normalized spacial score (nSPS) is 34.5. The molecule has 4 fully saturated rings. The van der Waals surface area contributed by atoms with Crippen molar-refractivity contribution in [2.24, 2.45) is 11.8 Å². The van der Waals surface area contributed by atoms with Crippen LogP contribution >= 0.6 is 0 Å². The molecule has 0 aromatic heterocycles. The van der Waals surface area contributed by atoms with Crippen molar-refractivity contribution < 1.29 is 38.3 Å². The Kier molecular flexibility index (Phi) is 6.35. The Bertz CT molecular complexity index is 808. The third-order valence-electron chi connectivity index (χ3n) is 6.87. The molecule has 4 aliphatic rings. The number of carbonyl (C=O) groups is 2. The Hall–Kier alpha value is -2.00. The maximum absolute atomic E-state index is 12.5. The molecule has 1 spiro atoms. The van der Waals surface area contributed by atoms with Crippen molar-refractivity contribution in [1.29, 1.82) is 0 Å². The van der Waals surface area contributed by atoms with Crippen LogP contribution in [0.15, 0.2) is 24.3 Å². The maximum Gasteiger partial charge on any atom is 0.338 e. The standard InChI is InChI=1S/C23H30O8/c1-22-13-11-17-5-4-6-18(23(17,31-30-22)21(27-3)29-22)12-14-28-20(25)16-9-7-15(8-10-16)19(24)26-2/h7-10,17-18,21H,4-6,11-14H2,1-3H3/t17-,18+,21+,22+,23-/m1/s1. The van der Waals surface area contributed by atoms with E-state index >= 15 is 0 Å².